The Morgan fingerprint density at radius 1 is 0.914 bits per heavy atom. The first-order chi connectivity index (χ1) is 16.9. The molecule has 0 atom stereocenters. The van der Waals surface area contributed by atoms with Gasteiger partial charge in [-0.1, -0.05) is 35.2 Å². The molecule has 1 aromatic carbocycles. The minimum atomic E-state index is -0.0125. The molecule has 178 valence electrons. The number of amides is 2. The van der Waals surface area contributed by atoms with E-state index >= 15 is 0 Å². The number of likely N-dealkylation sites (tertiary alicyclic amines) is 2. The Bertz CT molecular complexity index is 1290. The number of rotatable bonds is 2. The summed E-state index contributed by atoms with van der Waals surface area (Å²) in [5.41, 5.74) is 3.47. The van der Waals surface area contributed by atoms with Crippen LogP contribution in [0.3, 0.4) is 0 Å². The largest absolute Gasteiger partial charge is 0.361 e. The molecule has 7 heteroatoms. The van der Waals surface area contributed by atoms with Crippen molar-refractivity contribution in [3.8, 4) is 11.8 Å². The van der Waals surface area contributed by atoms with Gasteiger partial charge in [0.05, 0.1) is 11.3 Å². The maximum Gasteiger partial charge on any atom is 0.259 e. The fourth-order valence-corrected chi connectivity index (χ4v) is 5.12. The molecule has 2 amide bonds. The van der Waals surface area contributed by atoms with Crippen molar-refractivity contribution in [2.45, 2.75) is 33.1 Å². The monoisotopic (exact) mass is 468 g/mol. The topological polar surface area (TPSA) is 79.5 Å². The summed E-state index contributed by atoms with van der Waals surface area (Å²) in [7, 11) is 0. The zero-order valence-corrected chi connectivity index (χ0v) is 20.1. The first-order valence-electron chi connectivity index (χ1n) is 12.0. The highest BCUT2D eigenvalue weighted by Crippen LogP contribution is 2.41. The fourth-order valence-electron chi connectivity index (χ4n) is 5.12. The maximum atomic E-state index is 13.3. The van der Waals surface area contributed by atoms with E-state index in [9.17, 15) is 9.59 Å². The SMILES string of the molecule is Cc1noc(C)c1C(=O)N1CCC2(CCN(C(=O)c3cncc(C#Cc4ccccc4)c3)C2)CC1. The van der Waals surface area contributed by atoms with E-state index in [2.05, 4.69) is 22.0 Å². The first-order valence-corrected chi connectivity index (χ1v) is 12.0. The summed E-state index contributed by atoms with van der Waals surface area (Å²) in [5, 5.41) is 3.91. The highest BCUT2D eigenvalue weighted by molar-refractivity contribution is 5.96. The summed E-state index contributed by atoms with van der Waals surface area (Å²) in [4.78, 5) is 34.3. The molecule has 0 radical (unpaired) electrons. The molecule has 0 N–H and O–H groups in total. The third-order valence-electron chi connectivity index (χ3n) is 7.19. The fraction of sp³-hybridized carbons (Fsp3) is 0.357. The average molecular weight is 469 g/mol. The van der Waals surface area contributed by atoms with E-state index in [0.29, 0.717) is 42.2 Å². The Labute approximate surface area is 205 Å². The van der Waals surface area contributed by atoms with Gasteiger partial charge in [0.2, 0.25) is 0 Å². The molecule has 0 unspecified atom stereocenters. The third-order valence-corrected chi connectivity index (χ3v) is 7.19. The van der Waals surface area contributed by atoms with Crippen molar-refractivity contribution < 1.29 is 14.1 Å². The Hall–Kier alpha value is -3.92. The first kappa shape index (κ1) is 22.9. The lowest BCUT2D eigenvalue weighted by Gasteiger charge is -2.39. The summed E-state index contributed by atoms with van der Waals surface area (Å²) in [6, 6.07) is 11.6. The molecule has 2 aliphatic heterocycles. The lowest BCUT2D eigenvalue weighted by atomic mass is 9.77. The Balaban J connectivity index is 1.22. The van der Waals surface area contributed by atoms with Crippen LogP contribution in [0.15, 0.2) is 53.3 Å². The van der Waals surface area contributed by atoms with Crippen LogP contribution in [0.25, 0.3) is 0 Å². The average Bonchev–Trinajstić information content (AvgIpc) is 3.45. The van der Waals surface area contributed by atoms with Crippen molar-refractivity contribution in [1.82, 2.24) is 19.9 Å². The number of nitrogens with zero attached hydrogens (tertiary/aromatic N) is 4. The van der Waals surface area contributed by atoms with Crippen molar-refractivity contribution in [2.75, 3.05) is 26.2 Å². The van der Waals surface area contributed by atoms with Gasteiger partial charge in [-0.15, -0.1) is 0 Å². The van der Waals surface area contributed by atoms with Crippen LogP contribution in [-0.2, 0) is 0 Å². The zero-order valence-electron chi connectivity index (χ0n) is 20.1. The smallest absolute Gasteiger partial charge is 0.259 e. The predicted octanol–water partition coefficient (Wildman–Crippen LogP) is 3.85. The second-order valence-electron chi connectivity index (χ2n) is 9.55. The van der Waals surface area contributed by atoms with Gasteiger partial charge in [0.15, 0.2) is 0 Å². The number of aryl methyl sites for hydroxylation is 2. The number of hydrogen-bond acceptors (Lipinski definition) is 5. The van der Waals surface area contributed by atoms with Crippen LogP contribution in [0.5, 0.6) is 0 Å². The van der Waals surface area contributed by atoms with Gasteiger partial charge in [-0.3, -0.25) is 14.6 Å². The summed E-state index contributed by atoms with van der Waals surface area (Å²) in [5.74, 6) is 6.77. The molecule has 4 heterocycles. The second-order valence-corrected chi connectivity index (χ2v) is 9.55. The van der Waals surface area contributed by atoms with E-state index in [0.717, 1.165) is 36.9 Å². The van der Waals surface area contributed by atoms with Gasteiger partial charge >= 0.3 is 0 Å². The van der Waals surface area contributed by atoms with Crippen LogP contribution < -0.4 is 0 Å². The molecular weight excluding hydrogens is 440 g/mol. The van der Waals surface area contributed by atoms with Gasteiger partial charge in [-0.05, 0) is 56.7 Å². The van der Waals surface area contributed by atoms with E-state index < -0.39 is 0 Å². The van der Waals surface area contributed by atoms with Crippen molar-refractivity contribution in [3.05, 3.63) is 82.5 Å². The van der Waals surface area contributed by atoms with Crippen LogP contribution >= 0.6 is 0 Å². The molecule has 2 aromatic heterocycles. The Morgan fingerprint density at radius 3 is 2.29 bits per heavy atom. The summed E-state index contributed by atoms with van der Waals surface area (Å²) >= 11 is 0. The Kier molecular flexibility index (Phi) is 6.12. The van der Waals surface area contributed by atoms with Crippen molar-refractivity contribution in [1.29, 1.82) is 0 Å². The van der Waals surface area contributed by atoms with E-state index in [-0.39, 0.29) is 17.2 Å². The van der Waals surface area contributed by atoms with E-state index in [1.54, 1.807) is 26.2 Å². The van der Waals surface area contributed by atoms with Gasteiger partial charge in [-0.25, -0.2) is 0 Å². The number of carbonyl (C=O) groups is 2. The lowest BCUT2D eigenvalue weighted by molar-refractivity contribution is 0.0563. The van der Waals surface area contributed by atoms with E-state index in [4.69, 9.17) is 4.52 Å². The summed E-state index contributed by atoms with van der Waals surface area (Å²) in [6.07, 6.45) is 6.02. The number of piperidine rings is 1. The maximum absolute atomic E-state index is 13.3. The highest BCUT2D eigenvalue weighted by atomic mass is 16.5. The van der Waals surface area contributed by atoms with Gasteiger partial charge < -0.3 is 14.3 Å². The number of benzene rings is 1. The number of hydrogen-bond donors (Lipinski definition) is 0. The van der Waals surface area contributed by atoms with E-state index in [1.807, 2.05) is 46.2 Å². The predicted molar refractivity (Wildman–Crippen MR) is 131 cm³/mol. The van der Waals surface area contributed by atoms with Crippen LogP contribution in [-0.4, -0.2) is 57.9 Å². The molecule has 2 aliphatic rings. The molecule has 2 fully saturated rings. The molecule has 35 heavy (non-hydrogen) atoms. The number of pyridine rings is 1. The van der Waals surface area contributed by atoms with Crippen molar-refractivity contribution >= 4 is 11.8 Å². The van der Waals surface area contributed by atoms with Crippen LogP contribution in [0.1, 0.15) is 62.6 Å². The molecule has 0 saturated carbocycles. The normalized spacial score (nSPS) is 16.7. The lowest BCUT2D eigenvalue weighted by Crippen LogP contribution is -2.45. The Morgan fingerprint density at radius 2 is 1.60 bits per heavy atom. The molecule has 7 nitrogen and oxygen atoms in total. The second kappa shape index (κ2) is 9.38. The molecule has 2 saturated heterocycles. The van der Waals surface area contributed by atoms with Gasteiger partial charge in [0.1, 0.15) is 11.3 Å². The zero-order chi connectivity index (χ0) is 24.4. The van der Waals surface area contributed by atoms with Crippen molar-refractivity contribution in [3.63, 3.8) is 0 Å². The number of carbonyl (C=O) groups excluding carboxylic acids is 2. The molecule has 0 bridgehead atoms. The highest BCUT2D eigenvalue weighted by Gasteiger charge is 2.43. The molecule has 1 spiro atoms. The van der Waals surface area contributed by atoms with Gasteiger partial charge in [0.25, 0.3) is 11.8 Å². The molecular formula is C28H28N4O3. The minimum absolute atomic E-state index is 0.00744. The molecule has 3 aromatic rings. The van der Waals surface area contributed by atoms with E-state index in [1.165, 1.54) is 0 Å². The standard InChI is InChI=1S/C28H28N4O3/c1-20-25(21(2)35-30-20)27(34)31-13-10-28(11-14-31)12-15-32(19-28)26(33)24-16-23(17-29-18-24)9-8-22-6-4-3-5-7-22/h3-7,16-18H,10-15,19H2,1-2H3. The van der Waals surface area contributed by atoms with Gasteiger partial charge in [0, 0.05) is 49.7 Å². The van der Waals surface area contributed by atoms with Gasteiger partial charge in [-0.2, -0.15) is 0 Å². The van der Waals surface area contributed by atoms with Crippen LogP contribution in [0.2, 0.25) is 0 Å². The summed E-state index contributed by atoms with van der Waals surface area (Å²) in [6.45, 7) is 6.35. The molecule has 0 aliphatic carbocycles. The number of aromatic nitrogens is 2. The quantitative estimate of drug-likeness (QED) is 0.534. The van der Waals surface area contributed by atoms with Crippen molar-refractivity contribution in [2.24, 2.45) is 5.41 Å². The molecule has 5 rings (SSSR count). The van der Waals surface area contributed by atoms with Crippen LogP contribution in [0, 0.1) is 31.1 Å². The van der Waals surface area contributed by atoms with Crippen LogP contribution in [0.4, 0.5) is 0 Å². The third kappa shape index (κ3) is 4.69. The minimum Gasteiger partial charge on any atom is -0.361 e. The summed E-state index contributed by atoms with van der Waals surface area (Å²) < 4.78 is 5.17.